The Labute approximate surface area is 146 Å². The molecule has 0 aromatic heterocycles. The molecular formula is C17H21ClO5S. The van der Waals surface area contributed by atoms with Crippen molar-refractivity contribution in [2.24, 2.45) is 5.92 Å². The molecule has 1 aliphatic carbocycles. The minimum atomic E-state index is -3.38. The summed E-state index contributed by atoms with van der Waals surface area (Å²) in [4.78, 5) is 11.8. The van der Waals surface area contributed by atoms with Crippen LogP contribution in [0.2, 0.25) is 5.02 Å². The molecule has 0 radical (unpaired) electrons. The van der Waals surface area contributed by atoms with Gasteiger partial charge in [0.1, 0.15) is 0 Å². The quantitative estimate of drug-likeness (QED) is 0.828. The fourth-order valence-electron chi connectivity index (χ4n) is 3.22. The largest absolute Gasteiger partial charge is 0.481 e. The van der Waals surface area contributed by atoms with Gasteiger partial charge in [0, 0.05) is 13.2 Å². The van der Waals surface area contributed by atoms with Crippen LogP contribution < -0.4 is 0 Å². The Bertz CT molecular complexity index is 720. The molecule has 1 unspecified atom stereocenters. The fraction of sp³-hybridized carbons (Fsp3) is 0.588. The van der Waals surface area contributed by atoms with Gasteiger partial charge in [-0.05, 0) is 55.7 Å². The van der Waals surface area contributed by atoms with Crippen molar-refractivity contribution in [1.82, 2.24) is 0 Å². The maximum Gasteiger partial charge on any atom is 0.310 e. The Hall–Kier alpha value is -1.11. The van der Waals surface area contributed by atoms with Gasteiger partial charge in [-0.15, -0.1) is 0 Å². The summed E-state index contributed by atoms with van der Waals surface area (Å²) in [6.07, 6.45) is 3.56. The highest BCUT2D eigenvalue weighted by Gasteiger charge is 2.38. The van der Waals surface area contributed by atoms with Crippen LogP contribution in [-0.2, 0) is 19.4 Å². The van der Waals surface area contributed by atoms with Gasteiger partial charge in [-0.25, -0.2) is 8.42 Å². The summed E-state index contributed by atoms with van der Waals surface area (Å²) in [7, 11) is -3.38. The second kappa shape index (κ2) is 7.02. The summed E-state index contributed by atoms with van der Waals surface area (Å²) in [6, 6.07) is 4.57. The minimum Gasteiger partial charge on any atom is -0.481 e. The molecule has 1 saturated carbocycles. The van der Waals surface area contributed by atoms with Crippen LogP contribution in [0.3, 0.4) is 0 Å². The zero-order valence-corrected chi connectivity index (χ0v) is 14.9. The van der Waals surface area contributed by atoms with Crippen molar-refractivity contribution in [2.45, 2.75) is 48.2 Å². The Kier molecular flexibility index (Phi) is 5.18. The Morgan fingerprint density at radius 3 is 2.46 bits per heavy atom. The molecule has 1 aliphatic heterocycles. The highest BCUT2D eigenvalue weighted by molar-refractivity contribution is 7.92. The third kappa shape index (κ3) is 3.76. The van der Waals surface area contributed by atoms with Gasteiger partial charge in [-0.3, -0.25) is 4.79 Å². The number of carboxylic acid groups (broad SMARTS) is 1. The van der Waals surface area contributed by atoms with Crippen LogP contribution in [0.1, 0.15) is 43.6 Å². The van der Waals surface area contributed by atoms with E-state index in [0.29, 0.717) is 44.0 Å². The van der Waals surface area contributed by atoms with E-state index in [4.69, 9.17) is 16.3 Å². The number of halogens is 1. The lowest BCUT2D eigenvalue weighted by Crippen LogP contribution is -2.21. The number of carboxylic acids is 1. The first-order valence-corrected chi connectivity index (χ1v) is 10.2. The fourth-order valence-corrected chi connectivity index (χ4v) is 5.43. The highest BCUT2D eigenvalue weighted by atomic mass is 35.5. The zero-order valence-electron chi connectivity index (χ0n) is 13.3. The highest BCUT2D eigenvalue weighted by Crippen LogP contribution is 2.38. The van der Waals surface area contributed by atoms with Gasteiger partial charge < -0.3 is 9.84 Å². The predicted octanol–water partition coefficient (Wildman–Crippen LogP) is 3.26. The maximum absolute atomic E-state index is 12.3. The molecule has 5 nitrogen and oxygen atoms in total. The average molecular weight is 373 g/mol. The molecule has 0 bridgehead atoms. The number of ether oxygens (including phenoxy) is 1. The van der Waals surface area contributed by atoms with Crippen molar-refractivity contribution in [1.29, 1.82) is 0 Å². The Morgan fingerprint density at radius 1 is 1.25 bits per heavy atom. The van der Waals surface area contributed by atoms with E-state index < -0.39 is 21.7 Å². The van der Waals surface area contributed by atoms with Crippen LogP contribution in [-0.4, -0.2) is 38.0 Å². The molecule has 1 N–H and O–H groups in total. The molecule has 132 valence electrons. The number of carbonyl (C=O) groups is 1. The summed E-state index contributed by atoms with van der Waals surface area (Å²) in [5.74, 6) is -1.29. The van der Waals surface area contributed by atoms with E-state index in [-0.39, 0.29) is 15.2 Å². The molecule has 1 aromatic carbocycles. The average Bonchev–Trinajstić information content (AvgIpc) is 3.38. The molecule has 1 saturated heterocycles. The number of benzene rings is 1. The molecule has 1 aromatic rings. The van der Waals surface area contributed by atoms with Crippen molar-refractivity contribution in [3.8, 4) is 0 Å². The predicted molar refractivity (Wildman–Crippen MR) is 90.2 cm³/mol. The first-order valence-electron chi connectivity index (χ1n) is 8.23. The molecule has 0 amide bonds. The van der Waals surface area contributed by atoms with Crippen LogP contribution in [0.15, 0.2) is 23.1 Å². The van der Waals surface area contributed by atoms with Gasteiger partial charge in [0.25, 0.3) is 0 Å². The SMILES string of the molecule is O=C(O)C(CC1CCOCC1)c1ccc(S(=O)(=O)C2CC2)c(Cl)c1. The van der Waals surface area contributed by atoms with Crippen LogP contribution in [0.25, 0.3) is 0 Å². The van der Waals surface area contributed by atoms with E-state index in [9.17, 15) is 18.3 Å². The summed E-state index contributed by atoms with van der Waals surface area (Å²) in [5, 5.41) is 9.37. The first-order chi connectivity index (χ1) is 11.4. The van der Waals surface area contributed by atoms with Gasteiger partial charge in [0.2, 0.25) is 0 Å². The van der Waals surface area contributed by atoms with Crippen molar-refractivity contribution in [2.75, 3.05) is 13.2 Å². The van der Waals surface area contributed by atoms with Gasteiger partial charge in [0.05, 0.1) is 21.1 Å². The van der Waals surface area contributed by atoms with Crippen LogP contribution in [0.4, 0.5) is 0 Å². The topological polar surface area (TPSA) is 80.7 Å². The smallest absolute Gasteiger partial charge is 0.310 e. The summed E-state index contributed by atoms with van der Waals surface area (Å²) in [5.41, 5.74) is 0.564. The number of rotatable bonds is 6. The van der Waals surface area contributed by atoms with Crippen LogP contribution >= 0.6 is 11.6 Å². The lowest BCUT2D eigenvalue weighted by Gasteiger charge is -2.25. The van der Waals surface area contributed by atoms with Gasteiger partial charge in [0.15, 0.2) is 9.84 Å². The Morgan fingerprint density at radius 2 is 1.92 bits per heavy atom. The summed E-state index contributed by atoms with van der Waals surface area (Å²) >= 11 is 6.19. The summed E-state index contributed by atoms with van der Waals surface area (Å²) in [6.45, 7) is 1.33. The van der Waals surface area contributed by atoms with Crippen molar-refractivity contribution in [3.63, 3.8) is 0 Å². The summed E-state index contributed by atoms with van der Waals surface area (Å²) < 4.78 is 30.0. The van der Waals surface area contributed by atoms with E-state index in [1.54, 1.807) is 6.07 Å². The lowest BCUT2D eigenvalue weighted by atomic mass is 9.85. The number of sulfone groups is 1. The number of hydrogen-bond acceptors (Lipinski definition) is 4. The van der Waals surface area contributed by atoms with Crippen molar-refractivity contribution < 1.29 is 23.1 Å². The van der Waals surface area contributed by atoms with Crippen LogP contribution in [0.5, 0.6) is 0 Å². The molecule has 2 fully saturated rings. The molecule has 1 heterocycles. The third-order valence-corrected chi connectivity index (χ3v) is 7.58. The van der Waals surface area contributed by atoms with Gasteiger partial charge >= 0.3 is 5.97 Å². The van der Waals surface area contributed by atoms with Gasteiger partial charge in [-0.2, -0.15) is 0 Å². The number of hydrogen-bond donors (Lipinski definition) is 1. The molecule has 7 heteroatoms. The van der Waals surface area contributed by atoms with Gasteiger partial charge in [-0.1, -0.05) is 17.7 Å². The third-order valence-electron chi connectivity index (χ3n) is 4.84. The number of aliphatic carboxylic acids is 1. The maximum atomic E-state index is 12.3. The zero-order chi connectivity index (χ0) is 17.3. The van der Waals surface area contributed by atoms with E-state index in [2.05, 4.69) is 0 Å². The van der Waals surface area contributed by atoms with E-state index >= 15 is 0 Å². The molecule has 3 rings (SSSR count). The monoisotopic (exact) mass is 372 g/mol. The molecule has 0 spiro atoms. The van der Waals surface area contributed by atoms with E-state index in [0.717, 1.165) is 12.8 Å². The first kappa shape index (κ1) is 17.7. The minimum absolute atomic E-state index is 0.116. The Balaban J connectivity index is 1.83. The molecule has 2 aliphatic rings. The van der Waals surface area contributed by atoms with Crippen molar-refractivity contribution >= 4 is 27.4 Å². The lowest BCUT2D eigenvalue weighted by molar-refractivity contribution is -0.139. The molecule has 24 heavy (non-hydrogen) atoms. The standard InChI is InChI=1S/C17H21ClO5S/c18-15-10-12(1-4-16(15)24(21,22)13-2-3-13)14(17(19)20)9-11-5-7-23-8-6-11/h1,4,10-11,13-14H,2-3,5-9H2,(H,19,20). The molecular weight excluding hydrogens is 352 g/mol. The second-order valence-electron chi connectivity index (χ2n) is 6.62. The van der Waals surface area contributed by atoms with Crippen LogP contribution in [0, 0.1) is 5.92 Å². The second-order valence-corrected chi connectivity index (χ2v) is 9.22. The van der Waals surface area contributed by atoms with Crippen molar-refractivity contribution in [3.05, 3.63) is 28.8 Å². The molecule has 1 atom stereocenters. The normalized spacial score (nSPS) is 20.7. The van der Waals surface area contributed by atoms with E-state index in [1.807, 2.05) is 0 Å². The van der Waals surface area contributed by atoms with E-state index in [1.165, 1.54) is 12.1 Å².